The largest absolute Gasteiger partial charge is 0.394 e. The predicted molar refractivity (Wildman–Crippen MR) is 176 cm³/mol. The van der Waals surface area contributed by atoms with Crippen molar-refractivity contribution in [2.75, 3.05) is 37.9 Å². The second kappa shape index (κ2) is 17.7. The standard InChI is InChI=1S/C23H25N5O3.C9H13N5O3/c24-22-21-23(26-15-25-22)28(16-27-21)17-31-20(13-29-11-18-7-3-1-4-8-18)14-30-12-19-9-5-2-6-10-19;10-8-7-9(12-3-11-8)14(4-13-7)5-17-6(1-15)2-16/h1-10,15-16,20H,11-14,17H2,(H2,24,25,26);3-4,6,15-16H,1-2,5H2,(H2,10,11,12). The molecule has 2 aromatic carbocycles. The van der Waals surface area contributed by atoms with Crippen LogP contribution in [0.4, 0.5) is 11.6 Å². The number of benzene rings is 2. The molecule has 0 aliphatic carbocycles. The number of anilines is 2. The Morgan fingerprint density at radius 2 is 1.02 bits per heavy atom. The molecule has 0 aliphatic rings. The molecule has 16 heteroatoms. The Bertz CT molecular complexity index is 1770. The molecule has 6 rings (SSSR count). The summed E-state index contributed by atoms with van der Waals surface area (Å²) in [6.45, 7) is 1.69. The van der Waals surface area contributed by atoms with Crippen LogP contribution >= 0.6 is 0 Å². The lowest BCUT2D eigenvalue weighted by Gasteiger charge is -2.19. The summed E-state index contributed by atoms with van der Waals surface area (Å²) in [5, 5.41) is 17.7. The molecule has 4 heterocycles. The minimum Gasteiger partial charge on any atom is -0.394 e. The molecule has 0 spiro atoms. The van der Waals surface area contributed by atoms with Crippen LogP contribution in [0.25, 0.3) is 22.3 Å². The number of aliphatic hydroxyl groups is 2. The quantitative estimate of drug-likeness (QED) is 0.117. The van der Waals surface area contributed by atoms with Gasteiger partial charge in [0.2, 0.25) is 0 Å². The average Bonchev–Trinajstić information content (AvgIpc) is 3.74. The summed E-state index contributed by atoms with van der Waals surface area (Å²) in [6.07, 6.45) is 5.03. The molecule has 0 amide bonds. The van der Waals surface area contributed by atoms with Crippen LogP contribution < -0.4 is 11.5 Å². The summed E-state index contributed by atoms with van der Waals surface area (Å²) in [6, 6.07) is 20.1. The number of fused-ring (bicyclic) bond motifs is 2. The first-order chi connectivity index (χ1) is 23.6. The van der Waals surface area contributed by atoms with Gasteiger partial charge in [-0.1, -0.05) is 60.7 Å². The second-order valence-electron chi connectivity index (χ2n) is 10.5. The van der Waals surface area contributed by atoms with Crippen molar-refractivity contribution in [1.29, 1.82) is 0 Å². The van der Waals surface area contributed by atoms with Crippen LogP contribution in [0.15, 0.2) is 86.0 Å². The van der Waals surface area contributed by atoms with Gasteiger partial charge in [-0.25, -0.2) is 29.9 Å². The summed E-state index contributed by atoms with van der Waals surface area (Å²) in [4.78, 5) is 24.4. The van der Waals surface area contributed by atoms with E-state index in [4.69, 9.17) is 40.6 Å². The molecule has 0 atom stereocenters. The second-order valence-corrected chi connectivity index (χ2v) is 10.5. The molecule has 0 aliphatic heterocycles. The third-order valence-corrected chi connectivity index (χ3v) is 7.00. The highest BCUT2D eigenvalue weighted by Gasteiger charge is 2.14. The van der Waals surface area contributed by atoms with Crippen molar-refractivity contribution in [3.05, 3.63) is 97.1 Å². The number of rotatable bonds is 16. The topological polar surface area (TPSA) is 217 Å². The van der Waals surface area contributed by atoms with Gasteiger partial charge < -0.3 is 40.6 Å². The molecule has 0 saturated heterocycles. The lowest BCUT2D eigenvalue weighted by atomic mass is 10.2. The molecular weight excluding hydrogens is 620 g/mol. The van der Waals surface area contributed by atoms with Crippen LogP contribution in [0.3, 0.4) is 0 Å². The number of imidazole rings is 2. The number of nitrogens with zero attached hydrogens (tertiary/aromatic N) is 8. The summed E-state index contributed by atoms with van der Waals surface area (Å²) >= 11 is 0. The molecule has 6 aromatic rings. The summed E-state index contributed by atoms with van der Waals surface area (Å²) in [7, 11) is 0. The first kappa shape index (κ1) is 34.2. The fourth-order valence-electron chi connectivity index (χ4n) is 4.43. The van der Waals surface area contributed by atoms with Gasteiger partial charge in [0, 0.05) is 0 Å². The van der Waals surface area contributed by atoms with Gasteiger partial charge in [-0.2, -0.15) is 0 Å². The van der Waals surface area contributed by atoms with Crippen molar-refractivity contribution in [2.24, 2.45) is 0 Å². The highest BCUT2D eigenvalue weighted by atomic mass is 16.6. The van der Waals surface area contributed by atoms with E-state index in [1.807, 2.05) is 60.7 Å². The molecule has 0 bridgehead atoms. The van der Waals surface area contributed by atoms with Crippen molar-refractivity contribution >= 4 is 34.0 Å². The van der Waals surface area contributed by atoms with E-state index < -0.39 is 6.10 Å². The lowest BCUT2D eigenvalue weighted by molar-refractivity contribution is -0.0866. The zero-order valence-corrected chi connectivity index (χ0v) is 26.2. The van der Waals surface area contributed by atoms with E-state index in [0.29, 0.717) is 60.4 Å². The van der Waals surface area contributed by atoms with E-state index in [1.54, 1.807) is 15.5 Å². The Hall–Kier alpha value is -5.10. The molecule has 6 N–H and O–H groups in total. The minimum absolute atomic E-state index is 0.124. The first-order valence-electron chi connectivity index (χ1n) is 15.1. The normalized spacial score (nSPS) is 11.4. The summed E-state index contributed by atoms with van der Waals surface area (Å²) in [5.41, 5.74) is 15.9. The number of hydrogen-bond donors (Lipinski definition) is 4. The molecular formula is C32H38N10O6. The fourth-order valence-corrected chi connectivity index (χ4v) is 4.43. The average molecular weight is 659 g/mol. The Kier molecular flexibility index (Phi) is 12.6. The van der Waals surface area contributed by atoms with Gasteiger partial charge in [0.1, 0.15) is 49.4 Å². The van der Waals surface area contributed by atoms with Crippen molar-refractivity contribution in [3.8, 4) is 0 Å². The van der Waals surface area contributed by atoms with Crippen LogP contribution in [0.2, 0.25) is 0 Å². The number of nitrogens with two attached hydrogens (primary N) is 2. The van der Waals surface area contributed by atoms with Crippen LogP contribution in [0.1, 0.15) is 11.1 Å². The number of ether oxygens (including phenoxy) is 4. The molecule has 4 aromatic heterocycles. The maximum absolute atomic E-state index is 8.86. The monoisotopic (exact) mass is 658 g/mol. The Morgan fingerprint density at radius 3 is 1.46 bits per heavy atom. The number of nitrogen functional groups attached to an aromatic ring is 2. The van der Waals surface area contributed by atoms with E-state index in [9.17, 15) is 0 Å². The Balaban J connectivity index is 0.000000224. The fraction of sp³-hybridized carbons (Fsp3) is 0.312. The van der Waals surface area contributed by atoms with Gasteiger partial charge in [-0.05, 0) is 11.1 Å². The van der Waals surface area contributed by atoms with Crippen molar-refractivity contribution in [2.45, 2.75) is 38.9 Å². The number of aromatic nitrogens is 8. The third kappa shape index (κ3) is 9.47. The molecule has 0 fully saturated rings. The summed E-state index contributed by atoms with van der Waals surface area (Å²) in [5.74, 6) is 0.646. The van der Waals surface area contributed by atoms with Crippen LogP contribution in [0.5, 0.6) is 0 Å². The predicted octanol–water partition coefficient (Wildman–Crippen LogP) is 1.92. The van der Waals surface area contributed by atoms with Crippen molar-refractivity contribution < 1.29 is 29.2 Å². The van der Waals surface area contributed by atoms with E-state index in [0.717, 1.165) is 11.1 Å². The van der Waals surface area contributed by atoms with Gasteiger partial charge >= 0.3 is 0 Å². The molecule has 16 nitrogen and oxygen atoms in total. The molecule has 0 unspecified atom stereocenters. The number of aliphatic hydroxyl groups excluding tert-OH is 2. The molecule has 0 saturated carbocycles. The SMILES string of the molecule is Nc1ncnc2c1ncn2COC(CO)CO.Nc1ncnc2c1ncn2COC(COCc1ccccc1)COCc1ccccc1. The van der Waals surface area contributed by atoms with Gasteiger partial charge in [-0.3, -0.25) is 9.13 Å². The highest BCUT2D eigenvalue weighted by molar-refractivity contribution is 5.81. The Morgan fingerprint density at radius 1 is 0.583 bits per heavy atom. The smallest absolute Gasteiger partial charge is 0.167 e. The molecule has 0 radical (unpaired) electrons. The zero-order chi connectivity index (χ0) is 33.6. The van der Waals surface area contributed by atoms with Gasteiger partial charge in [0.05, 0.1) is 52.3 Å². The maximum Gasteiger partial charge on any atom is 0.167 e. The summed E-state index contributed by atoms with van der Waals surface area (Å²) < 4.78 is 26.5. The maximum atomic E-state index is 8.86. The van der Waals surface area contributed by atoms with E-state index in [2.05, 4.69) is 29.9 Å². The van der Waals surface area contributed by atoms with Gasteiger partial charge in [0.25, 0.3) is 0 Å². The zero-order valence-electron chi connectivity index (χ0n) is 26.2. The van der Waals surface area contributed by atoms with Crippen molar-refractivity contribution in [3.63, 3.8) is 0 Å². The van der Waals surface area contributed by atoms with Gasteiger partial charge in [-0.15, -0.1) is 0 Å². The highest BCUT2D eigenvalue weighted by Crippen LogP contribution is 2.16. The van der Waals surface area contributed by atoms with Crippen LogP contribution in [0, 0.1) is 0 Å². The lowest BCUT2D eigenvalue weighted by Crippen LogP contribution is -2.26. The minimum atomic E-state index is -0.619. The van der Waals surface area contributed by atoms with Gasteiger partial charge in [0.15, 0.2) is 22.9 Å². The molecule has 48 heavy (non-hydrogen) atoms. The third-order valence-electron chi connectivity index (χ3n) is 7.00. The van der Waals surface area contributed by atoms with E-state index in [1.165, 1.54) is 19.0 Å². The molecule has 252 valence electrons. The first-order valence-corrected chi connectivity index (χ1v) is 15.1. The van der Waals surface area contributed by atoms with E-state index in [-0.39, 0.29) is 32.8 Å². The van der Waals surface area contributed by atoms with Crippen LogP contribution in [-0.4, -0.2) is 87.9 Å². The van der Waals surface area contributed by atoms with Crippen LogP contribution in [-0.2, 0) is 45.6 Å². The van der Waals surface area contributed by atoms with Crippen molar-refractivity contribution in [1.82, 2.24) is 39.0 Å². The Labute approximate surface area is 275 Å². The van der Waals surface area contributed by atoms with E-state index >= 15 is 0 Å². The number of hydrogen-bond acceptors (Lipinski definition) is 14.